The van der Waals surface area contributed by atoms with Crippen LogP contribution in [0.1, 0.15) is 11.1 Å². The van der Waals surface area contributed by atoms with Crippen LogP contribution in [0, 0.1) is 22.7 Å². The molecule has 0 atom stereocenters. The molecule has 0 radical (unpaired) electrons. The molecule has 4 nitrogen and oxygen atoms in total. The first kappa shape index (κ1) is 27.4. The van der Waals surface area contributed by atoms with Gasteiger partial charge in [0.1, 0.15) is 0 Å². The molecule has 4 heteroatoms. The van der Waals surface area contributed by atoms with Crippen LogP contribution in [0.4, 0.5) is 0 Å². The van der Waals surface area contributed by atoms with Crippen molar-refractivity contribution in [2.45, 2.75) is 0 Å². The molecule has 9 aromatic rings. The minimum Gasteiger partial charge on any atom is -0.309 e. The summed E-state index contributed by atoms with van der Waals surface area (Å²) in [6.45, 7) is 0. The topological polar surface area (TPSA) is 57.4 Å². The Hall–Kier alpha value is -6.88. The van der Waals surface area contributed by atoms with Gasteiger partial charge >= 0.3 is 0 Å². The maximum atomic E-state index is 10.4. The van der Waals surface area contributed by atoms with Crippen LogP contribution in [0.3, 0.4) is 0 Å². The molecule has 2 heterocycles. The van der Waals surface area contributed by atoms with Gasteiger partial charge < -0.3 is 9.13 Å². The summed E-state index contributed by atoms with van der Waals surface area (Å²) in [5, 5.41) is 24.6. The van der Waals surface area contributed by atoms with E-state index in [4.69, 9.17) is 0 Å². The molecular formula is C44H26N4. The molecule has 0 amide bonds. The zero-order valence-electron chi connectivity index (χ0n) is 25.8. The average molecular weight is 611 g/mol. The predicted octanol–water partition coefficient (Wildman–Crippen LogP) is 11.0. The lowest BCUT2D eigenvalue weighted by atomic mass is 9.94. The van der Waals surface area contributed by atoms with Crippen molar-refractivity contribution in [3.63, 3.8) is 0 Å². The van der Waals surface area contributed by atoms with E-state index in [2.05, 4.69) is 130 Å². The molecule has 0 N–H and O–H groups in total. The molecule has 0 unspecified atom stereocenters. The zero-order chi connectivity index (χ0) is 32.2. The Morgan fingerprint density at radius 1 is 0.396 bits per heavy atom. The second kappa shape index (κ2) is 10.9. The van der Waals surface area contributed by atoms with E-state index in [1.54, 1.807) is 0 Å². The molecule has 0 bridgehead atoms. The third-order valence-corrected chi connectivity index (χ3v) is 9.41. The summed E-state index contributed by atoms with van der Waals surface area (Å²) in [6, 6.07) is 58.9. The fraction of sp³-hybridized carbons (Fsp3) is 0. The predicted molar refractivity (Wildman–Crippen MR) is 195 cm³/mol. The van der Waals surface area contributed by atoms with E-state index < -0.39 is 0 Å². The molecule has 0 saturated heterocycles. The van der Waals surface area contributed by atoms with Gasteiger partial charge in [-0.1, -0.05) is 97.1 Å². The van der Waals surface area contributed by atoms with Crippen LogP contribution in [0.25, 0.3) is 77.2 Å². The Balaban J connectivity index is 1.15. The van der Waals surface area contributed by atoms with Gasteiger partial charge in [0.15, 0.2) is 0 Å². The number of nitrogens with zero attached hydrogens (tertiary/aromatic N) is 4. The third kappa shape index (κ3) is 4.14. The Morgan fingerprint density at radius 2 is 0.958 bits per heavy atom. The number of fused-ring (bicyclic) bond motifs is 6. The van der Waals surface area contributed by atoms with E-state index in [1.165, 1.54) is 21.8 Å². The molecule has 222 valence electrons. The summed E-state index contributed by atoms with van der Waals surface area (Å²) in [4.78, 5) is 0. The van der Waals surface area contributed by atoms with Crippen LogP contribution in [0.2, 0.25) is 0 Å². The van der Waals surface area contributed by atoms with Crippen LogP contribution < -0.4 is 0 Å². The van der Waals surface area contributed by atoms with Gasteiger partial charge in [0, 0.05) is 32.8 Å². The molecule has 0 fully saturated rings. The largest absolute Gasteiger partial charge is 0.309 e. The van der Waals surface area contributed by atoms with Gasteiger partial charge in [-0.15, -0.1) is 0 Å². The van der Waals surface area contributed by atoms with Gasteiger partial charge in [-0.2, -0.15) is 10.5 Å². The van der Waals surface area contributed by atoms with Gasteiger partial charge in [0.05, 0.1) is 51.0 Å². The number of benzene rings is 7. The lowest BCUT2D eigenvalue weighted by Gasteiger charge is -2.15. The minimum absolute atomic E-state index is 0.618. The standard InChI is InChI=1S/C44H26N4/c45-27-29-17-24-44-39(25-29)38-12-4-8-16-43(38)48(44)40-13-5-1-9-35(40)31-20-23-34(32(26-31)28-46)30-18-21-33(22-19-30)47-41-14-6-2-10-36(41)37-11-3-7-15-42(37)47/h1-26H. The Morgan fingerprint density at radius 3 is 1.62 bits per heavy atom. The Labute approximate surface area is 277 Å². The second-order valence-corrected chi connectivity index (χ2v) is 12.0. The molecular weight excluding hydrogens is 585 g/mol. The van der Waals surface area contributed by atoms with E-state index in [0.29, 0.717) is 11.1 Å². The Kier molecular flexibility index (Phi) is 6.22. The number of rotatable bonds is 4. The lowest BCUT2D eigenvalue weighted by Crippen LogP contribution is -1.98. The molecule has 0 aliphatic rings. The molecule has 7 aromatic carbocycles. The molecule has 0 aliphatic carbocycles. The number of hydrogen-bond donors (Lipinski definition) is 0. The smallest absolute Gasteiger partial charge is 0.0998 e. The number of aromatic nitrogens is 2. The van der Waals surface area contributed by atoms with Crippen molar-refractivity contribution >= 4 is 43.6 Å². The zero-order valence-corrected chi connectivity index (χ0v) is 25.8. The summed E-state index contributed by atoms with van der Waals surface area (Å²) in [5.74, 6) is 0. The van der Waals surface area contributed by atoms with Crippen molar-refractivity contribution in [1.82, 2.24) is 9.13 Å². The maximum absolute atomic E-state index is 10.4. The van der Waals surface area contributed by atoms with Gasteiger partial charge in [0.2, 0.25) is 0 Å². The van der Waals surface area contributed by atoms with Gasteiger partial charge in [-0.3, -0.25) is 0 Å². The first-order valence-electron chi connectivity index (χ1n) is 15.9. The van der Waals surface area contributed by atoms with Crippen molar-refractivity contribution in [3.8, 4) is 45.8 Å². The van der Waals surface area contributed by atoms with E-state index >= 15 is 0 Å². The van der Waals surface area contributed by atoms with E-state index in [-0.39, 0.29) is 0 Å². The van der Waals surface area contributed by atoms with Gasteiger partial charge in [-0.05, 0) is 77.4 Å². The van der Waals surface area contributed by atoms with Crippen LogP contribution in [-0.4, -0.2) is 9.13 Å². The van der Waals surface area contributed by atoms with E-state index in [0.717, 1.165) is 55.4 Å². The van der Waals surface area contributed by atoms with Crippen molar-refractivity contribution in [3.05, 3.63) is 169 Å². The summed E-state index contributed by atoms with van der Waals surface area (Å²) in [6.07, 6.45) is 0. The van der Waals surface area contributed by atoms with Crippen LogP contribution in [-0.2, 0) is 0 Å². The summed E-state index contributed by atoms with van der Waals surface area (Å²) in [5.41, 5.74) is 11.7. The molecule has 48 heavy (non-hydrogen) atoms. The first-order valence-corrected chi connectivity index (χ1v) is 15.9. The maximum Gasteiger partial charge on any atom is 0.0998 e. The normalized spacial score (nSPS) is 11.3. The highest BCUT2D eigenvalue weighted by Crippen LogP contribution is 2.38. The number of hydrogen-bond acceptors (Lipinski definition) is 2. The molecule has 0 spiro atoms. The fourth-order valence-electron chi connectivity index (χ4n) is 7.26. The van der Waals surface area contributed by atoms with Crippen LogP contribution in [0.15, 0.2) is 158 Å². The van der Waals surface area contributed by atoms with Crippen molar-refractivity contribution in [2.75, 3.05) is 0 Å². The second-order valence-electron chi connectivity index (χ2n) is 12.0. The van der Waals surface area contributed by atoms with Gasteiger partial charge in [0.25, 0.3) is 0 Å². The fourth-order valence-corrected chi connectivity index (χ4v) is 7.26. The quantitative estimate of drug-likeness (QED) is 0.199. The summed E-state index contributed by atoms with van der Waals surface area (Å²) < 4.78 is 4.56. The number of para-hydroxylation sites is 4. The highest BCUT2D eigenvalue weighted by atomic mass is 15.0. The summed E-state index contributed by atoms with van der Waals surface area (Å²) >= 11 is 0. The highest BCUT2D eigenvalue weighted by Gasteiger charge is 2.17. The van der Waals surface area contributed by atoms with Crippen LogP contribution >= 0.6 is 0 Å². The Bertz CT molecular complexity index is 2750. The first-order chi connectivity index (χ1) is 23.7. The number of nitriles is 2. The SMILES string of the molecule is N#Cc1ccc2c(c1)c1ccccc1n2-c1ccccc1-c1ccc(-c2ccc(-n3c4ccccc4c4ccccc43)cc2)c(C#N)c1. The molecule has 9 rings (SSSR count). The lowest BCUT2D eigenvalue weighted by molar-refractivity contribution is 1.18. The van der Waals surface area contributed by atoms with Crippen molar-refractivity contribution < 1.29 is 0 Å². The molecule has 0 saturated carbocycles. The third-order valence-electron chi connectivity index (χ3n) is 9.41. The van der Waals surface area contributed by atoms with Crippen LogP contribution in [0.5, 0.6) is 0 Å². The molecule has 2 aromatic heterocycles. The highest BCUT2D eigenvalue weighted by molar-refractivity contribution is 6.11. The van der Waals surface area contributed by atoms with E-state index in [9.17, 15) is 10.5 Å². The monoisotopic (exact) mass is 610 g/mol. The van der Waals surface area contributed by atoms with Crippen molar-refractivity contribution in [1.29, 1.82) is 10.5 Å². The van der Waals surface area contributed by atoms with E-state index in [1.807, 2.05) is 48.5 Å². The van der Waals surface area contributed by atoms with Gasteiger partial charge in [-0.25, -0.2) is 0 Å². The minimum atomic E-state index is 0.618. The summed E-state index contributed by atoms with van der Waals surface area (Å²) in [7, 11) is 0. The molecule has 0 aliphatic heterocycles. The average Bonchev–Trinajstić information content (AvgIpc) is 3.67. The van der Waals surface area contributed by atoms with Crippen molar-refractivity contribution in [2.24, 2.45) is 0 Å².